The summed E-state index contributed by atoms with van der Waals surface area (Å²) in [5.74, 6) is 0.297. The van der Waals surface area contributed by atoms with Gasteiger partial charge in [-0.1, -0.05) is 15.9 Å². The maximum atomic E-state index is 11.4. The predicted molar refractivity (Wildman–Crippen MR) is 82.8 cm³/mol. The van der Waals surface area contributed by atoms with E-state index in [-0.39, 0.29) is 11.5 Å². The van der Waals surface area contributed by atoms with E-state index in [2.05, 4.69) is 46.8 Å². The SMILES string of the molecule is COC(=O)C(C)Oc1ccc(Br)cc1CNC(C)(C)C. The molecule has 0 amide bonds. The molecular formula is C15H22BrNO3. The fourth-order valence-electron chi connectivity index (χ4n) is 1.57. The van der Waals surface area contributed by atoms with E-state index in [1.807, 2.05) is 18.2 Å². The molecule has 0 saturated carbocycles. The van der Waals surface area contributed by atoms with Crippen molar-refractivity contribution in [2.45, 2.75) is 45.9 Å². The number of hydrogen-bond donors (Lipinski definition) is 1. The Morgan fingerprint density at radius 2 is 2.05 bits per heavy atom. The van der Waals surface area contributed by atoms with Crippen LogP contribution in [0.25, 0.3) is 0 Å². The van der Waals surface area contributed by atoms with Crippen LogP contribution in [0.15, 0.2) is 22.7 Å². The van der Waals surface area contributed by atoms with Gasteiger partial charge in [-0.2, -0.15) is 0 Å². The summed E-state index contributed by atoms with van der Waals surface area (Å²) in [5, 5.41) is 3.41. The Balaban J connectivity index is 2.87. The minimum atomic E-state index is -0.630. The first kappa shape index (κ1) is 17.0. The van der Waals surface area contributed by atoms with Crippen LogP contribution in [0.5, 0.6) is 5.75 Å². The van der Waals surface area contributed by atoms with Gasteiger partial charge in [0.2, 0.25) is 0 Å². The first-order valence-electron chi connectivity index (χ1n) is 6.51. The molecule has 0 spiro atoms. The van der Waals surface area contributed by atoms with Gasteiger partial charge in [0.25, 0.3) is 0 Å². The Morgan fingerprint density at radius 1 is 1.40 bits per heavy atom. The van der Waals surface area contributed by atoms with E-state index in [9.17, 15) is 4.79 Å². The fourth-order valence-corrected chi connectivity index (χ4v) is 1.97. The molecule has 20 heavy (non-hydrogen) atoms. The molecule has 0 fully saturated rings. The number of nitrogens with one attached hydrogen (secondary N) is 1. The number of rotatable bonds is 5. The summed E-state index contributed by atoms with van der Waals surface area (Å²) in [6, 6.07) is 5.72. The van der Waals surface area contributed by atoms with Crippen molar-refractivity contribution in [1.82, 2.24) is 5.32 Å². The van der Waals surface area contributed by atoms with E-state index < -0.39 is 6.10 Å². The number of carbonyl (C=O) groups excluding carboxylic acids is 1. The summed E-state index contributed by atoms with van der Waals surface area (Å²) in [7, 11) is 1.35. The molecule has 5 heteroatoms. The van der Waals surface area contributed by atoms with Crippen LogP contribution in [0.2, 0.25) is 0 Å². The third kappa shape index (κ3) is 5.51. The van der Waals surface area contributed by atoms with E-state index in [1.54, 1.807) is 6.92 Å². The maximum Gasteiger partial charge on any atom is 0.346 e. The van der Waals surface area contributed by atoms with Crippen molar-refractivity contribution in [3.63, 3.8) is 0 Å². The van der Waals surface area contributed by atoms with Gasteiger partial charge >= 0.3 is 5.97 Å². The highest BCUT2D eigenvalue weighted by Crippen LogP contribution is 2.25. The quantitative estimate of drug-likeness (QED) is 0.833. The lowest BCUT2D eigenvalue weighted by Gasteiger charge is -2.22. The molecule has 1 aromatic carbocycles. The predicted octanol–water partition coefficient (Wildman–Crippen LogP) is 3.28. The van der Waals surface area contributed by atoms with Gasteiger partial charge in [-0.3, -0.25) is 0 Å². The van der Waals surface area contributed by atoms with Crippen molar-refractivity contribution in [2.75, 3.05) is 7.11 Å². The third-order valence-corrected chi connectivity index (χ3v) is 3.16. The number of halogens is 1. The van der Waals surface area contributed by atoms with Crippen LogP contribution in [0.3, 0.4) is 0 Å². The molecule has 1 rings (SSSR count). The van der Waals surface area contributed by atoms with Gasteiger partial charge in [-0.15, -0.1) is 0 Å². The summed E-state index contributed by atoms with van der Waals surface area (Å²) in [6.07, 6.45) is -0.630. The van der Waals surface area contributed by atoms with Gasteiger partial charge in [0, 0.05) is 22.1 Å². The number of ether oxygens (including phenoxy) is 2. The van der Waals surface area contributed by atoms with Crippen LogP contribution in [0.1, 0.15) is 33.3 Å². The van der Waals surface area contributed by atoms with E-state index in [0.717, 1.165) is 10.0 Å². The average molecular weight is 344 g/mol. The molecule has 1 aromatic rings. The summed E-state index contributed by atoms with van der Waals surface area (Å²) in [4.78, 5) is 11.4. The fraction of sp³-hybridized carbons (Fsp3) is 0.533. The second kappa shape index (κ2) is 7.09. The highest BCUT2D eigenvalue weighted by atomic mass is 79.9. The zero-order chi connectivity index (χ0) is 15.3. The highest BCUT2D eigenvalue weighted by molar-refractivity contribution is 9.10. The number of esters is 1. The molecule has 4 nitrogen and oxygen atoms in total. The lowest BCUT2D eigenvalue weighted by Crippen LogP contribution is -2.35. The van der Waals surface area contributed by atoms with Gasteiger partial charge in [0.1, 0.15) is 5.75 Å². The zero-order valence-corrected chi connectivity index (χ0v) is 14.2. The Kier molecular flexibility index (Phi) is 6.02. The third-order valence-electron chi connectivity index (χ3n) is 2.67. The largest absolute Gasteiger partial charge is 0.479 e. The average Bonchev–Trinajstić information content (AvgIpc) is 2.36. The van der Waals surface area contributed by atoms with E-state index in [1.165, 1.54) is 7.11 Å². The van der Waals surface area contributed by atoms with Crippen molar-refractivity contribution in [2.24, 2.45) is 0 Å². The lowest BCUT2D eigenvalue weighted by atomic mass is 10.1. The molecule has 112 valence electrons. The van der Waals surface area contributed by atoms with Crippen molar-refractivity contribution in [1.29, 1.82) is 0 Å². The standard InChI is InChI=1S/C15H22BrNO3/c1-10(14(18)19-5)20-13-7-6-12(16)8-11(13)9-17-15(2,3)4/h6-8,10,17H,9H2,1-5H3. The van der Waals surface area contributed by atoms with Gasteiger partial charge < -0.3 is 14.8 Å². The molecule has 0 bridgehead atoms. The first-order chi connectivity index (χ1) is 9.23. The topological polar surface area (TPSA) is 47.6 Å². The van der Waals surface area contributed by atoms with Gasteiger partial charge in [0.15, 0.2) is 6.10 Å². The van der Waals surface area contributed by atoms with Gasteiger partial charge in [-0.25, -0.2) is 4.79 Å². The van der Waals surface area contributed by atoms with Crippen LogP contribution in [0.4, 0.5) is 0 Å². The molecule has 0 aromatic heterocycles. The highest BCUT2D eigenvalue weighted by Gasteiger charge is 2.17. The van der Waals surface area contributed by atoms with Crippen molar-refractivity contribution in [3.8, 4) is 5.75 Å². The van der Waals surface area contributed by atoms with E-state index in [4.69, 9.17) is 4.74 Å². The second-order valence-electron chi connectivity index (χ2n) is 5.64. The Hall–Kier alpha value is -1.07. The second-order valence-corrected chi connectivity index (χ2v) is 6.55. The minimum absolute atomic E-state index is 0.00749. The van der Waals surface area contributed by atoms with Crippen LogP contribution < -0.4 is 10.1 Å². The summed E-state index contributed by atoms with van der Waals surface area (Å²) in [6.45, 7) is 8.63. The normalized spacial score (nSPS) is 12.9. The summed E-state index contributed by atoms with van der Waals surface area (Å²) in [5.41, 5.74) is 0.998. The molecule has 0 saturated heterocycles. The minimum Gasteiger partial charge on any atom is -0.479 e. The Labute approximate surface area is 129 Å². The number of benzene rings is 1. The Bertz CT molecular complexity index is 469. The molecule has 0 radical (unpaired) electrons. The van der Waals surface area contributed by atoms with Crippen molar-refractivity contribution >= 4 is 21.9 Å². The molecule has 1 N–H and O–H groups in total. The molecule has 0 aliphatic rings. The molecule has 0 aliphatic carbocycles. The van der Waals surface area contributed by atoms with E-state index >= 15 is 0 Å². The smallest absolute Gasteiger partial charge is 0.346 e. The van der Waals surface area contributed by atoms with Crippen LogP contribution in [-0.2, 0) is 16.1 Å². The number of hydrogen-bond acceptors (Lipinski definition) is 4. The summed E-state index contributed by atoms with van der Waals surface area (Å²) >= 11 is 3.45. The first-order valence-corrected chi connectivity index (χ1v) is 7.30. The molecule has 0 aliphatic heterocycles. The molecule has 0 heterocycles. The van der Waals surface area contributed by atoms with Crippen molar-refractivity contribution < 1.29 is 14.3 Å². The van der Waals surface area contributed by atoms with E-state index in [0.29, 0.717) is 12.3 Å². The monoisotopic (exact) mass is 343 g/mol. The maximum absolute atomic E-state index is 11.4. The zero-order valence-electron chi connectivity index (χ0n) is 12.6. The molecule has 1 atom stereocenters. The van der Waals surface area contributed by atoms with Gasteiger partial charge in [0.05, 0.1) is 7.11 Å². The van der Waals surface area contributed by atoms with Crippen LogP contribution in [-0.4, -0.2) is 24.7 Å². The van der Waals surface area contributed by atoms with Crippen LogP contribution >= 0.6 is 15.9 Å². The lowest BCUT2D eigenvalue weighted by molar-refractivity contribution is -0.147. The number of methoxy groups -OCH3 is 1. The molecule has 1 unspecified atom stereocenters. The van der Waals surface area contributed by atoms with Crippen LogP contribution in [0, 0.1) is 0 Å². The summed E-state index contributed by atoms with van der Waals surface area (Å²) < 4.78 is 11.3. The molecular weight excluding hydrogens is 322 g/mol. The number of carbonyl (C=O) groups is 1. The Morgan fingerprint density at radius 3 is 2.60 bits per heavy atom. The van der Waals surface area contributed by atoms with Gasteiger partial charge in [-0.05, 0) is 45.9 Å². The van der Waals surface area contributed by atoms with Crippen molar-refractivity contribution in [3.05, 3.63) is 28.2 Å².